The monoisotopic (exact) mass is 625 g/mol. The Morgan fingerprint density at radius 1 is 0.978 bits per heavy atom. The van der Waals surface area contributed by atoms with Gasteiger partial charge in [-0.15, -0.1) is 0 Å². The lowest BCUT2D eigenvalue weighted by Gasteiger charge is -2.28. The van der Waals surface area contributed by atoms with Gasteiger partial charge in [0.15, 0.2) is 0 Å². The third-order valence-corrected chi connectivity index (χ3v) is 8.15. The summed E-state index contributed by atoms with van der Waals surface area (Å²) in [6, 6.07) is 15.7. The van der Waals surface area contributed by atoms with Gasteiger partial charge < -0.3 is 20.5 Å². The minimum Gasteiger partial charge on any atom is -0.508 e. The molecule has 1 fully saturated rings. The molecule has 0 aromatic heterocycles. The Labute approximate surface area is 263 Å². The Balaban J connectivity index is 0.945. The van der Waals surface area contributed by atoms with Crippen LogP contribution < -0.4 is 25.6 Å². The summed E-state index contributed by atoms with van der Waals surface area (Å²) < 4.78 is 5.34. The lowest BCUT2D eigenvalue weighted by Crippen LogP contribution is -2.54. The van der Waals surface area contributed by atoms with Gasteiger partial charge in [-0.2, -0.15) is 0 Å². The predicted molar refractivity (Wildman–Crippen MR) is 164 cm³/mol. The SMILES string of the molecule is O=C(CCCCNc1cccc2c1C(=O)N(C1CCC(=O)NC1=O)C2=O)NCc1ccc(N2Cc3ccc(O)cc3OC2=O)cc1. The molecule has 236 valence electrons. The number of phenols is 1. The average molecular weight is 626 g/mol. The first kappa shape index (κ1) is 30.3. The van der Waals surface area contributed by atoms with Gasteiger partial charge in [0, 0.05) is 48.9 Å². The summed E-state index contributed by atoms with van der Waals surface area (Å²) in [6.07, 6.45) is 1.10. The minimum absolute atomic E-state index is 0.0242. The Bertz CT molecular complexity index is 1760. The van der Waals surface area contributed by atoms with Gasteiger partial charge >= 0.3 is 6.09 Å². The van der Waals surface area contributed by atoms with Crippen LogP contribution >= 0.6 is 0 Å². The lowest BCUT2D eigenvalue weighted by atomic mass is 10.0. The van der Waals surface area contributed by atoms with Crippen LogP contribution in [-0.2, 0) is 27.5 Å². The number of aromatic hydroxyl groups is 1. The van der Waals surface area contributed by atoms with Crippen LogP contribution in [0.25, 0.3) is 0 Å². The molecule has 1 atom stereocenters. The molecule has 3 aromatic rings. The number of anilines is 2. The van der Waals surface area contributed by atoms with E-state index in [0.717, 1.165) is 16.0 Å². The molecule has 1 unspecified atom stereocenters. The molecule has 13 heteroatoms. The zero-order valence-electron chi connectivity index (χ0n) is 24.7. The molecule has 4 N–H and O–H groups in total. The maximum atomic E-state index is 13.2. The molecule has 0 spiro atoms. The third kappa shape index (κ3) is 6.11. The van der Waals surface area contributed by atoms with Crippen molar-refractivity contribution in [2.75, 3.05) is 16.8 Å². The first-order chi connectivity index (χ1) is 22.2. The molecule has 3 aliphatic rings. The molecule has 1 saturated heterocycles. The largest absolute Gasteiger partial charge is 0.508 e. The Morgan fingerprint density at radius 3 is 2.57 bits per heavy atom. The number of benzene rings is 3. The summed E-state index contributed by atoms with van der Waals surface area (Å²) in [4.78, 5) is 77.4. The van der Waals surface area contributed by atoms with Gasteiger partial charge in [-0.3, -0.25) is 39.1 Å². The molecule has 3 heterocycles. The van der Waals surface area contributed by atoms with Crippen molar-refractivity contribution < 1.29 is 38.6 Å². The number of unbranched alkanes of at least 4 members (excludes halogenated alkanes) is 1. The second kappa shape index (κ2) is 12.7. The maximum absolute atomic E-state index is 13.2. The number of nitrogens with one attached hydrogen (secondary N) is 3. The smallest absolute Gasteiger partial charge is 0.420 e. The Kier molecular flexibility index (Phi) is 8.38. The van der Waals surface area contributed by atoms with Gasteiger partial charge in [0.25, 0.3) is 11.8 Å². The van der Waals surface area contributed by atoms with Crippen LogP contribution in [0.4, 0.5) is 16.2 Å². The van der Waals surface area contributed by atoms with Crippen LogP contribution in [0.2, 0.25) is 0 Å². The molecule has 6 rings (SSSR count). The fourth-order valence-electron chi connectivity index (χ4n) is 5.73. The molecule has 46 heavy (non-hydrogen) atoms. The first-order valence-electron chi connectivity index (χ1n) is 14.9. The van der Waals surface area contributed by atoms with Crippen LogP contribution in [0, 0.1) is 0 Å². The van der Waals surface area contributed by atoms with Crippen molar-refractivity contribution in [2.24, 2.45) is 0 Å². The number of imide groups is 2. The van der Waals surface area contributed by atoms with Crippen molar-refractivity contribution in [3.8, 4) is 11.5 Å². The van der Waals surface area contributed by atoms with E-state index in [1.165, 1.54) is 17.0 Å². The normalized spacial score (nSPS) is 17.3. The van der Waals surface area contributed by atoms with Crippen molar-refractivity contribution in [1.29, 1.82) is 0 Å². The number of hydrogen-bond donors (Lipinski definition) is 4. The molecule has 0 bridgehead atoms. The van der Waals surface area contributed by atoms with Gasteiger partial charge in [-0.05, 0) is 61.2 Å². The second-order valence-corrected chi connectivity index (χ2v) is 11.2. The van der Waals surface area contributed by atoms with Crippen molar-refractivity contribution in [1.82, 2.24) is 15.5 Å². The molecule has 6 amide bonds. The molecule has 3 aliphatic heterocycles. The minimum atomic E-state index is -1.03. The van der Waals surface area contributed by atoms with E-state index in [4.69, 9.17) is 4.74 Å². The summed E-state index contributed by atoms with van der Waals surface area (Å²) in [5.41, 5.74) is 3.15. The van der Waals surface area contributed by atoms with Gasteiger partial charge in [0.05, 0.1) is 17.7 Å². The number of phenolic OH excluding ortho intramolecular Hbond substituents is 1. The van der Waals surface area contributed by atoms with Crippen LogP contribution in [0.3, 0.4) is 0 Å². The zero-order valence-corrected chi connectivity index (χ0v) is 24.7. The number of hydrogen-bond acceptors (Lipinski definition) is 9. The summed E-state index contributed by atoms with van der Waals surface area (Å²) in [5.74, 6) is -1.99. The summed E-state index contributed by atoms with van der Waals surface area (Å²) >= 11 is 0. The Morgan fingerprint density at radius 2 is 1.78 bits per heavy atom. The summed E-state index contributed by atoms with van der Waals surface area (Å²) in [6.45, 7) is 1.08. The van der Waals surface area contributed by atoms with Crippen molar-refractivity contribution >= 4 is 47.0 Å². The number of amides is 6. The Hall–Kier alpha value is -5.72. The molecule has 3 aromatic carbocycles. The van der Waals surface area contributed by atoms with E-state index < -0.39 is 35.8 Å². The van der Waals surface area contributed by atoms with Crippen LogP contribution in [0.5, 0.6) is 11.5 Å². The predicted octanol–water partition coefficient (Wildman–Crippen LogP) is 3.21. The maximum Gasteiger partial charge on any atom is 0.420 e. The van der Waals surface area contributed by atoms with Crippen LogP contribution in [-0.4, -0.2) is 58.2 Å². The van der Waals surface area contributed by atoms with Gasteiger partial charge in [-0.1, -0.05) is 18.2 Å². The highest BCUT2D eigenvalue weighted by Gasteiger charge is 2.45. The molecule has 0 saturated carbocycles. The highest BCUT2D eigenvalue weighted by molar-refractivity contribution is 6.25. The lowest BCUT2D eigenvalue weighted by molar-refractivity contribution is -0.136. The van der Waals surface area contributed by atoms with E-state index in [1.54, 1.807) is 36.4 Å². The van der Waals surface area contributed by atoms with E-state index in [1.807, 2.05) is 12.1 Å². The van der Waals surface area contributed by atoms with E-state index in [-0.39, 0.29) is 35.6 Å². The topological polar surface area (TPSA) is 174 Å². The fraction of sp³-hybridized carbons (Fsp3) is 0.273. The number of ether oxygens (including phenoxy) is 1. The third-order valence-electron chi connectivity index (χ3n) is 8.15. The van der Waals surface area contributed by atoms with Crippen molar-refractivity contribution in [2.45, 2.75) is 51.2 Å². The quantitative estimate of drug-likeness (QED) is 0.195. The molecular weight excluding hydrogens is 594 g/mol. The number of piperidine rings is 1. The van der Waals surface area contributed by atoms with Crippen molar-refractivity contribution in [3.05, 3.63) is 82.9 Å². The van der Waals surface area contributed by atoms with Gasteiger partial charge in [0.2, 0.25) is 17.7 Å². The fourth-order valence-corrected chi connectivity index (χ4v) is 5.73. The van der Waals surface area contributed by atoms with E-state index in [9.17, 15) is 33.9 Å². The highest BCUT2D eigenvalue weighted by atomic mass is 16.6. The highest BCUT2D eigenvalue weighted by Crippen LogP contribution is 2.33. The van der Waals surface area contributed by atoms with Gasteiger partial charge in [0.1, 0.15) is 17.5 Å². The van der Waals surface area contributed by atoms with Crippen molar-refractivity contribution in [3.63, 3.8) is 0 Å². The van der Waals surface area contributed by atoms with E-state index >= 15 is 0 Å². The average Bonchev–Trinajstić information content (AvgIpc) is 3.29. The second-order valence-electron chi connectivity index (χ2n) is 11.2. The molecule has 13 nitrogen and oxygen atoms in total. The van der Waals surface area contributed by atoms with Crippen LogP contribution in [0.1, 0.15) is 63.9 Å². The number of fused-ring (bicyclic) bond motifs is 2. The zero-order chi connectivity index (χ0) is 32.4. The first-order valence-corrected chi connectivity index (χ1v) is 14.9. The number of rotatable bonds is 10. The van der Waals surface area contributed by atoms with Crippen LogP contribution in [0.15, 0.2) is 60.7 Å². The number of carbonyl (C=O) groups excluding carboxylic acids is 6. The standard InChI is InChI=1S/C33H31N5O8/c39-22-12-9-20-18-37(33(45)46-26(20)16-22)21-10-7-19(8-11-21)17-35-27(40)6-1-2-15-34-24-5-3-4-23-29(24)32(44)38(31(23)43)25-13-14-28(41)36-30(25)42/h3-5,7-12,16,25,34,39H,1-2,6,13-15,17-18H2,(H,35,40)(H,36,41,42). The van der Waals surface area contributed by atoms with E-state index in [2.05, 4.69) is 16.0 Å². The number of nitrogens with zero attached hydrogens (tertiary/aromatic N) is 2. The molecule has 0 aliphatic carbocycles. The number of carbonyl (C=O) groups is 6. The molecule has 0 radical (unpaired) electrons. The van der Waals surface area contributed by atoms with Gasteiger partial charge in [-0.25, -0.2) is 4.79 Å². The summed E-state index contributed by atoms with van der Waals surface area (Å²) in [7, 11) is 0. The van der Waals surface area contributed by atoms with E-state index in [0.29, 0.717) is 56.0 Å². The molecular formula is C33H31N5O8. The summed E-state index contributed by atoms with van der Waals surface area (Å²) in [5, 5.41) is 17.9.